The van der Waals surface area contributed by atoms with E-state index in [0.29, 0.717) is 99.3 Å². The van der Waals surface area contributed by atoms with Gasteiger partial charge in [0.1, 0.15) is 25.9 Å². The molecule has 5 heterocycles. The minimum atomic E-state index is -0.899. The standard InChI is InChI=1S/C79H98N10O14/c1-48(2)71(86-78(6,7)26-29-103-79(8,9)47-83-69(90)25-28-87-70(91)37-60(74(87)94)56-19-15-13-12-14-16-20-56)73(93)84-51(5)72(92)85-57-23-21-52(22-24-57)44-102-77(97)80-27-17-18-53-32-54(45-100-67-38-63-61(35-65(67)98-10)75(95)88-42-49(3)30-58(88)40-81-63)34-55(33-53)46-101-68-39-64-62(36-66(68)99-11)76(96)89-43-50(4)31-59(89)41-82-64/h21-24,32-36,38-43,48,51,56,58-60,71,86H,12-16,19-20,25-31,37,44-47H2,1-11H3,(H,80,97)(H,83,90)(H,84,93)(H,85,92)/t51-,58?,59?,60?,71?/m0/s1. The number of nitrogens with zero attached hydrogens (tertiary/aromatic N) is 5. The number of benzene rings is 4. The minimum absolute atomic E-state index is 0.0190. The number of nitrogens with one attached hydrogen (secondary N) is 5. The number of methoxy groups -OCH3 is 2. The molecule has 6 aliphatic rings. The van der Waals surface area contributed by atoms with Gasteiger partial charge in [-0.1, -0.05) is 81.1 Å². The normalized spacial score (nSPS) is 18.7. The number of aliphatic imine (C=N–C) groups is 2. The lowest BCUT2D eigenvalue weighted by Gasteiger charge is -2.35. The molecule has 10 rings (SSSR count). The summed E-state index contributed by atoms with van der Waals surface area (Å²) in [6.45, 7) is 17.7. The number of carbonyl (C=O) groups excluding carboxylic acids is 8. The quantitative estimate of drug-likeness (QED) is 0.0261. The molecule has 0 aromatic heterocycles. The molecule has 4 aromatic carbocycles. The molecule has 4 aromatic rings. The molecular weight excluding hydrogens is 1310 g/mol. The molecule has 5 N–H and O–H groups in total. The number of likely N-dealkylation sites (tertiary alicyclic amines) is 1. The Morgan fingerprint density at radius 3 is 1.81 bits per heavy atom. The number of ether oxygens (including phenoxy) is 6. The van der Waals surface area contributed by atoms with Gasteiger partial charge in [-0.15, -0.1) is 0 Å². The van der Waals surface area contributed by atoms with Crippen LogP contribution in [0.25, 0.3) is 0 Å². The van der Waals surface area contributed by atoms with Gasteiger partial charge in [-0.05, 0) is 152 Å². The number of anilines is 1. The van der Waals surface area contributed by atoms with Crippen LogP contribution in [0.1, 0.15) is 182 Å². The van der Waals surface area contributed by atoms with E-state index >= 15 is 0 Å². The molecule has 548 valence electrons. The fourth-order valence-corrected chi connectivity index (χ4v) is 13.7. The van der Waals surface area contributed by atoms with Crippen LogP contribution in [0.15, 0.2) is 100 Å². The van der Waals surface area contributed by atoms with E-state index in [1.165, 1.54) is 38.4 Å². The summed E-state index contributed by atoms with van der Waals surface area (Å²) in [5, 5.41) is 14.8. The SMILES string of the molecule is COc1cc2c(cc1OCc1cc(C#CCNC(=O)OCc3ccc(NC(=O)[C@H](C)NC(=O)C(NC(C)(C)CCOC(C)(C)CNC(=O)CCN4C(=O)CC(C5CCCCCCC5)C4=O)C(C)C)cc3)cc(COc3cc4c(cc3OC)C(=O)N3C=C(C)CC3C=N4)c1)N=CC1CC(C)=CN1C2=O. The van der Waals surface area contributed by atoms with Gasteiger partial charge < -0.3 is 64.8 Å². The van der Waals surface area contributed by atoms with Crippen LogP contribution in [0.2, 0.25) is 0 Å². The van der Waals surface area contributed by atoms with Crippen LogP contribution in [0.4, 0.5) is 21.9 Å². The fourth-order valence-electron chi connectivity index (χ4n) is 13.7. The first-order chi connectivity index (χ1) is 49.2. The fraction of sp³-hybridized carbons (Fsp3) is 0.494. The van der Waals surface area contributed by atoms with Crippen LogP contribution in [0.3, 0.4) is 0 Å². The lowest BCUT2D eigenvalue weighted by atomic mass is 9.81. The van der Waals surface area contributed by atoms with Crippen LogP contribution in [0.5, 0.6) is 23.0 Å². The van der Waals surface area contributed by atoms with Crippen molar-refractivity contribution in [2.75, 3.05) is 45.8 Å². The summed E-state index contributed by atoms with van der Waals surface area (Å²) in [6.07, 6.45) is 16.4. The second-order valence-corrected chi connectivity index (χ2v) is 29.2. The van der Waals surface area contributed by atoms with Crippen molar-refractivity contribution in [1.29, 1.82) is 0 Å². The van der Waals surface area contributed by atoms with Crippen LogP contribution in [0, 0.1) is 29.6 Å². The van der Waals surface area contributed by atoms with Crippen LogP contribution < -0.4 is 45.5 Å². The molecule has 0 radical (unpaired) electrons. The predicted octanol–water partition coefficient (Wildman–Crippen LogP) is 11.1. The van der Waals surface area contributed by atoms with E-state index in [2.05, 4.69) is 48.4 Å². The number of rotatable bonds is 28. The molecule has 0 spiro atoms. The number of hydrogen-bond donors (Lipinski definition) is 5. The van der Waals surface area contributed by atoms with Gasteiger partial charge in [-0.3, -0.25) is 48.4 Å². The van der Waals surface area contributed by atoms with Crippen molar-refractivity contribution in [1.82, 2.24) is 36.0 Å². The molecule has 5 atom stereocenters. The van der Waals surface area contributed by atoms with Crippen molar-refractivity contribution in [2.24, 2.45) is 27.7 Å². The molecular formula is C79H98N10O14. The lowest BCUT2D eigenvalue weighted by molar-refractivity contribution is -0.140. The van der Waals surface area contributed by atoms with E-state index in [-0.39, 0.29) is 118 Å². The Balaban J connectivity index is 0.681. The number of imide groups is 1. The van der Waals surface area contributed by atoms with Crippen LogP contribution in [-0.4, -0.2) is 150 Å². The second kappa shape index (κ2) is 34.0. The third kappa shape index (κ3) is 19.9. The Kier molecular flexibility index (Phi) is 25.0. The molecule has 103 heavy (non-hydrogen) atoms. The maximum atomic E-state index is 13.8. The van der Waals surface area contributed by atoms with Crippen LogP contribution in [-0.2, 0) is 53.3 Å². The largest absolute Gasteiger partial charge is 0.493 e. The molecule has 4 unspecified atom stereocenters. The lowest BCUT2D eigenvalue weighted by Crippen LogP contribution is -2.57. The van der Waals surface area contributed by atoms with Crippen molar-refractivity contribution < 1.29 is 66.8 Å². The monoisotopic (exact) mass is 1410 g/mol. The summed E-state index contributed by atoms with van der Waals surface area (Å²) in [5.41, 5.74) is 5.67. The van der Waals surface area contributed by atoms with E-state index in [0.717, 1.165) is 36.8 Å². The molecule has 0 bridgehead atoms. The van der Waals surface area contributed by atoms with Crippen molar-refractivity contribution >= 4 is 76.9 Å². The Morgan fingerprint density at radius 2 is 1.24 bits per heavy atom. The predicted molar refractivity (Wildman–Crippen MR) is 391 cm³/mol. The van der Waals surface area contributed by atoms with E-state index in [9.17, 15) is 38.4 Å². The van der Waals surface area contributed by atoms with Gasteiger partial charge in [0.05, 0.1) is 72.9 Å². The number of carbonyl (C=O) groups is 8. The van der Waals surface area contributed by atoms with Gasteiger partial charge >= 0.3 is 6.09 Å². The van der Waals surface area contributed by atoms with Crippen molar-refractivity contribution in [3.8, 4) is 34.8 Å². The van der Waals surface area contributed by atoms with E-state index in [1.807, 2.05) is 86.0 Å². The number of alkyl carbamates (subject to hydrolysis) is 1. The van der Waals surface area contributed by atoms with Gasteiger partial charge in [-0.25, -0.2) is 4.79 Å². The topological polar surface area (TPSA) is 287 Å². The molecule has 8 amide bonds. The highest BCUT2D eigenvalue weighted by Crippen LogP contribution is 2.42. The summed E-state index contributed by atoms with van der Waals surface area (Å²) in [5.74, 6) is 5.66. The molecule has 1 saturated carbocycles. The molecule has 1 saturated heterocycles. The number of fused-ring (bicyclic) bond motifs is 4. The number of amides is 8. The van der Waals surface area contributed by atoms with Gasteiger partial charge in [-0.2, -0.15) is 0 Å². The molecule has 2 fully saturated rings. The summed E-state index contributed by atoms with van der Waals surface area (Å²) >= 11 is 0. The molecule has 24 nitrogen and oxygen atoms in total. The van der Waals surface area contributed by atoms with Crippen LogP contribution >= 0.6 is 0 Å². The first kappa shape index (κ1) is 75.8. The Morgan fingerprint density at radius 1 is 0.670 bits per heavy atom. The van der Waals surface area contributed by atoms with Gasteiger partial charge in [0.15, 0.2) is 23.0 Å². The van der Waals surface area contributed by atoms with E-state index < -0.39 is 35.2 Å². The highest BCUT2D eigenvalue weighted by atomic mass is 16.5. The second-order valence-electron chi connectivity index (χ2n) is 29.2. The van der Waals surface area contributed by atoms with Crippen molar-refractivity contribution in [3.05, 3.63) is 124 Å². The zero-order valence-corrected chi connectivity index (χ0v) is 61.1. The maximum Gasteiger partial charge on any atom is 0.408 e. The average molecular weight is 1410 g/mol. The zero-order chi connectivity index (χ0) is 73.7. The van der Waals surface area contributed by atoms with Gasteiger partial charge in [0.2, 0.25) is 29.5 Å². The molecule has 5 aliphatic heterocycles. The van der Waals surface area contributed by atoms with Crippen molar-refractivity contribution in [2.45, 2.75) is 194 Å². The number of hydrogen-bond acceptors (Lipinski definition) is 17. The summed E-state index contributed by atoms with van der Waals surface area (Å²) < 4.78 is 36.1. The van der Waals surface area contributed by atoms with Gasteiger partial charge in [0.25, 0.3) is 11.8 Å². The Bertz CT molecular complexity index is 3910. The van der Waals surface area contributed by atoms with Gasteiger partial charge in [0, 0.05) is 86.3 Å². The highest BCUT2D eigenvalue weighted by Gasteiger charge is 2.43. The zero-order valence-electron chi connectivity index (χ0n) is 61.1. The highest BCUT2D eigenvalue weighted by molar-refractivity contribution is 6.06. The third-order valence-corrected chi connectivity index (χ3v) is 19.5. The first-order valence-electron chi connectivity index (χ1n) is 35.8. The average Bonchev–Trinajstić information content (AvgIpc) is 1.71. The summed E-state index contributed by atoms with van der Waals surface area (Å²) in [4.78, 5) is 121. The summed E-state index contributed by atoms with van der Waals surface area (Å²) in [7, 11) is 3.01. The Labute approximate surface area is 603 Å². The van der Waals surface area contributed by atoms with E-state index in [1.54, 1.807) is 77.7 Å². The summed E-state index contributed by atoms with van der Waals surface area (Å²) in [6, 6.07) is 17.1. The van der Waals surface area contributed by atoms with E-state index in [4.69, 9.17) is 28.4 Å². The first-order valence-corrected chi connectivity index (χ1v) is 35.8. The molecule has 1 aliphatic carbocycles. The minimum Gasteiger partial charge on any atom is -0.493 e. The maximum absolute atomic E-state index is 13.8. The third-order valence-electron chi connectivity index (χ3n) is 19.5. The Hall–Kier alpha value is -9.86. The van der Waals surface area contributed by atoms with Crippen molar-refractivity contribution in [3.63, 3.8) is 0 Å². The molecule has 24 heteroatoms. The smallest absolute Gasteiger partial charge is 0.408 e.